The maximum atomic E-state index is 4.97. The van der Waals surface area contributed by atoms with E-state index in [2.05, 4.69) is 114 Å². The van der Waals surface area contributed by atoms with E-state index in [1.165, 1.54) is 5.56 Å². The molecule has 0 saturated carbocycles. The minimum Gasteiger partial charge on any atom is -0.237 e. The molecule has 0 unspecified atom stereocenters. The van der Waals surface area contributed by atoms with Gasteiger partial charge in [0.1, 0.15) is 11.2 Å². The summed E-state index contributed by atoms with van der Waals surface area (Å²) in [5, 5.41) is 2.17. The topological polar surface area (TPSA) is 77.3 Å². The summed E-state index contributed by atoms with van der Waals surface area (Å²) >= 11 is 1.64. The van der Waals surface area contributed by atoms with Crippen LogP contribution in [0.15, 0.2) is 170 Å². The van der Waals surface area contributed by atoms with E-state index in [1.807, 2.05) is 54.6 Å². The largest absolute Gasteiger partial charge is 0.237 e. The Morgan fingerprint density at radius 2 is 0.830 bits per heavy atom. The van der Waals surface area contributed by atoms with Crippen LogP contribution in [0.5, 0.6) is 0 Å². The van der Waals surface area contributed by atoms with Crippen LogP contribution in [-0.2, 0) is 0 Å². The van der Waals surface area contributed by atoms with Crippen LogP contribution in [0.25, 0.3) is 99.0 Å². The second-order valence-corrected chi connectivity index (χ2v) is 13.8. The van der Waals surface area contributed by atoms with Gasteiger partial charge < -0.3 is 0 Å². The molecule has 4 aromatic heterocycles. The first-order chi connectivity index (χ1) is 26.2. The van der Waals surface area contributed by atoms with Crippen molar-refractivity contribution in [3.63, 3.8) is 0 Å². The normalized spacial score (nSPS) is 11.4. The maximum absolute atomic E-state index is 4.97. The molecule has 0 aliphatic carbocycles. The average molecular weight is 697 g/mol. The summed E-state index contributed by atoms with van der Waals surface area (Å²) in [5.41, 5.74) is 11.2. The van der Waals surface area contributed by atoms with Crippen molar-refractivity contribution in [2.24, 2.45) is 0 Å². The Balaban J connectivity index is 0.965. The Labute approximate surface area is 309 Å². The van der Waals surface area contributed by atoms with Gasteiger partial charge in [-0.1, -0.05) is 152 Å². The molecule has 0 aliphatic heterocycles. The van der Waals surface area contributed by atoms with Gasteiger partial charge in [0.15, 0.2) is 17.5 Å². The van der Waals surface area contributed by atoms with Crippen molar-refractivity contribution in [2.45, 2.75) is 0 Å². The first kappa shape index (κ1) is 30.8. The number of hydrogen-bond acceptors (Lipinski definition) is 7. The minimum atomic E-state index is 0.626. The predicted molar refractivity (Wildman–Crippen MR) is 216 cm³/mol. The molecule has 6 aromatic carbocycles. The fourth-order valence-corrected chi connectivity index (χ4v) is 7.86. The van der Waals surface area contributed by atoms with Gasteiger partial charge in [0.2, 0.25) is 0 Å². The minimum absolute atomic E-state index is 0.626. The Kier molecular flexibility index (Phi) is 7.55. The SMILES string of the molecule is c1ccc(-c2ccc(-c3nc(-c4ccccc4)nc(-c4ccc(-c5ccc(-c6ncnc7c6sc6nc8ccccc8cc67)cc5)cc4)n3)cc2)cc1. The summed E-state index contributed by atoms with van der Waals surface area (Å²) in [5.74, 6) is 1.90. The third-order valence-electron chi connectivity index (χ3n) is 9.50. The summed E-state index contributed by atoms with van der Waals surface area (Å²) < 4.78 is 1.04. The number of nitrogens with zero attached hydrogens (tertiary/aromatic N) is 6. The molecule has 0 aliphatic rings. The molecule has 4 heterocycles. The third kappa shape index (κ3) is 5.79. The lowest BCUT2D eigenvalue weighted by atomic mass is 10.0. The molecule has 10 aromatic rings. The van der Waals surface area contributed by atoms with Crippen LogP contribution >= 0.6 is 11.3 Å². The van der Waals surface area contributed by atoms with E-state index >= 15 is 0 Å². The highest BCUT2D eigenvalue weighted by molar-refractivity contribution is 7.25. The highest BCUT2D eigenvalue weighted by atomic mass is 32.1. The van der Waals surface area contributed by atoms with Gasteiger partial charge in [-0.15, -0.1) is 11.3 Å². The Bertz CT molecular complexity index is 2910. The van der Waals surface area contributed by atoms with E-state index in [-0.39, 0.29) is 0 Å². The molecular weight excluding hydrogens is 669 g/mol. The highest BCUT2D eigenvalue weighted by Gasteiger charge is 2.16. The molecule has 0 fully saturated rings. The fraction of sp³-hybridized carbons (Fsp3) is 0. The molecule has 0 atom stereocenters. The van der Waals surface area contributed by atoms with Crippen molar-refractivity contribution in [3.8, 4) is 67.7 Å². The van der Waals surface area contributed by atoms with E-state index in [0.29, 0.717) is 17.5 Å². The van der Waals surface area contributed by atoms with Crippen molar-refractivity contribution in [2.75, 3.05) is 0 Å². The maximum Gasteiger partial charge on any atom is 0.164 e. The van der Waals surface area contributed by atoms with E-state index in [1.54, 1.807) is 17.7 Å². The predicted octanol–water partition coefficient (Wildman–Crippen LogP) is 11.6. The van der Waals surface area contributed by atoms with Crippen LogP contribution in [0.4, 0.5) is 0 Å². The molecule has 53 heavy (non-hydrogen) atoms. The highest BCUT2D eigenvalue weighted by Crippen LogP contribution is 2.38. The van der Waals surface area contributed by atoms with Crippen LogP contribution in [0, 0.1) is 0 Å². The fourth-order valence-electron chi connectivity index (χ4n) is 6.74. The molecule has 7 heteroatoms. The molecule has 0 saturated heterocycles. The molecule has 0 radical (unpaired) electrons. The van der Waals surface area contributed by atoms with Gasteiger partial charge in [-0.2, -0.15) is 0 Å². The van der Waals surface area contributed by atoms with Gasteiger partial charge in [0.05, 0.1) is 21.4 Å². The monoisotopic (exact) mass is 696 g/mol. The van der Waals surface area contributed by atoms with Gasteiger partial charge in [-0.3, -0.25) is 0 Å². The standard InChI is InChI=1S/C46H28N6S/c1-3-9-29(10-4-1)30-17-23-35(24-18-30)44-50-43(34-11-5-2-6-12-34)51-45(52-44)36-25-19-32(20-26-36)31-15-21-33(22-16-31)40-42-41(48-28-47-40)38-27-37-13-7-8-14-39(37)49-46(38)53-42/h1-28H. The lowest BCUT2D eigenvalue weighted by molar-refractivity contribution is 1.07. The zero-order valence-electron chi connectivity index (χ0n) is 28.3. The summed E-state index contributed by atoms with van der Waals surface area (Å²) in [6.45, 7) is 0. The number of thiophene rings is 1. The van der Waals surface area contributed by atoms with E-state index in [9.17, 15) is 0 Å². The first-order valence-electron chi connectivity index (χ1n) is 17.4. The van der Waals surface area contributed by atoms with Crippen molar-refractivity contribution in [1.82, 2.24) is 29.9 Å². The Hall–Kier alpha value is -6.96. The van der Waals surface area contributed by atoms with Crippen LogP contribution in [0.2, 0.25) is 0 Å². The molecule has 0 spiro atoms. The van der Waals surface area contributed by atoms with Gasteiger partial charge in [0, 0.05) is 33.0 Å². The zero-order chi connectivity index (χ0) is 35.1. The van der Waals surface area contributed by atoms with E-state index in [0.717, 1.165) is 76.0 Å². The number of aromatic nitrogens is 6. The molecular formula is C46H28N6S. The Morgan fingerprint density at radius 3 is 1.42 bits per heavy atom. The molecule has 6 nitrogen and oxygen atoms in total. The lowest BCUT2D eigenvalue weighted by Gasteiger charge is -2.10. The number of para-hydroxylation sites is 1. The van der Waals surface area contributed by atoms with Crippen molar-refractivity contribution >= 4 is 42.7 Å². The molecule has 10 rings (SSSR count). The zero-order valence-corrected chi connectivity index (χ0v) is 29.1. The summed E-state index contributed by atoms with van der Waals surface area (Å²) in [6.07, 6.45) is 1.65. The van der Waals surface area contributed by atoms with Crippen molar-refractivity contribution in [1.29, 1.82) is 0 Å². The average Bonchev–Trinajstić information content (AvgIpc) is 3.61. The number of hydrogen-bond donors (Lipinski definition) is 0. The van der Waals surface area contributed by atoms with Gasteiger partial charge in [0.25, 0.3) is 0 Å². The molecule has 248 valence electrons. The second kappa shape index (κ2) is 13.0. The smallest absolute Gasteiger partial charge is 0.164 e. The number of benzene rings is 6. The van der Waals surface area contributed by atoms with E-state index < -0.39 is 0 Å². The van der Waals surface area contributed by atoms with Crippen LogP contribution in [0.3, 0.4) is 0 Å². The number of rotatable bonds is 6. The van der Waals surface area contributed by atoms with Gasteiger partial charge in [-0.25, -0.2) is 29.9 Å². The molecule has 0 amide bonds. The van der Waals surface area contributed by atoms with Crippen LogP contribution < -0.4 is 0 Å². The Morgan fingerprint density at radius 1 is 0.377 bits per heavy atom. The number of pyridine rings is 1. The molecule has 0 bridgehead atoms. The van der Waals surface area contributed by atoms with Crippen LogP contribution in [-0.4, -0.2) is 29.9 Å². The summed E-state index contributed by atoms with van der Waals surface area (Å²) in [6, 6.07) is 56.1. The molecule has 0 N–H and O–H groups in total. The third-order valence-corrected chi connectivity index (χ3v) is 10.6. The first-order valence-corrected chi connectivity index (χ1v) is 18.2. The number of fused-ring (bicyclic) bond motifs is 4. The quantitative estimate of drug-likeness (QED) is 0.172. The van der Waals surface area contributed by atoms with Crippen LogP contribution in [0.1, 0.15) is 0 Å². The second-order valence-electron chi connectivity index (χ2n) is 12.8. The van der Waals surface area contributed by atoms with Gasteiger partial charge >= 0.3 is 0 Å². The summed E-state index contributed by atoms with van der Waals surface area (Å²) in [4.78, 5) is 30.1. The summed E-state index contributed by atoms with van der Waals surface area (Å²) in [7, 11) is 0. The lowest BCUT2D eigenvalue weighted by Crippen LogP contribution is -2.00. The van der Waals surface area contributed by atoms with Crippen molar-refractivity contribution < 1.29 is 0 Å². The van der Waals surface area contributed by atoms with Crippen molar-refractivity contribution in [3.05, 3.63) is 170 Å². The van der Waals surface area contributed by atoms with Gasteiger partial charge in [-0.05, 0) is 34.4 Å². The van der Waals surface area contributed by atoms with E-state index in [4.69, 9.17) is 24.9 Å².